The number of hydrogen-bond acceptors (Lipinski definition) is 3. The van der Waals surface area contributed by atoms with E-state index in [-0.39, 0.29) is 11.9 Å². The molecule has 1 aromatic carbocycles. The van der Waals surface area contributed by atoms with E-state index < -0.39 is 0 Å². The second-order valence-electron chi connectivity index (χ2n) is 4.56. The standard InChI is InChI=1S/C14H16FN3/c1-9-3-4-12(6-13(9)15)14-17-7-11(8-18-14)5-10(2)16/h3-4,6-8,10H,5,16H2,1-2H3. The lowest BCUT2D eigenvalue weighted by atomic mass is 10.1. The largest absolute Gasteiger partial charge is 0.328 e. The van der Waals surface area contributed by atoms with Gasteiger partial charge in [-0.05, 0) is 37.5 Å². The van der Waals surface area contributed by atoms with Gasteiger partial charge < -0.3 is 5.73 Å². The van der Waals surface area contributed by atoms with E-state index in [9.17, 15) is 4.39 Å². The number of rotatable bonds is 3. The molecule has 1 atom stereocenters. The number of aromatic nitrogens is 2. The summed E-state index contributed by atoms with van der Waals surface area (Å²) in [6, 6.07) is 5.08. The summed E-state index contributed by atoms with van der Waals surface area (Å²) in [6.07, 6.45) is 4.22. The first-order valence-corrected chi connectivity index (χ1v) is 5.89. The third kappa shape index (κ3) is 2.90. The van der Waals surface area contributed by atoms with Crippen molar-refractivity contribution in [3.8, 4) is 11.4 Å². The monoisotopic (exact) mass is 245 g/mol. The minimum Gasteiger partial charge on any atom is -0.328 e. The van der Waals surface area contributed by atoms with Gasteiger partial charge in [-0.15, -0.1) is 0 Å². The van der Waals surface area contributed by atoms with Gasteiger partial charge in [0.05, 0.1) is 0 Å². The van der Waals surface area contributed by atoms with E-state index in [0.717, 1.165) is 12.0 Å². The summed E-state index contributed by atoms with van der Waals surface area (Å²) >= 11 is 0. The molecule has 94 valence electrons. The molecular formula is C14H16FN3. The van der Waals surface area contributed by atoms with Crippen LogP contribution in [0.1, 0.15) is 18.1 Å². The summed E-state index contributed by atoms with van der Waals surface area (Å²) in [4.78, 5) is 8.48. The quantitative estimate of drug-likeness (QED) is 0.903. The average Bonchev–Trinajstić information content (AvgIpc) is 2.33. The molecule has 0 amide bonds. The highest BCUT2D eigenvalue weighted by Crippen LogP contribution is 2.18. The summed E-state index contributed by atoms with van der Waals surface area (Å²) in [5, 5.41) is 0. The predicted molar refractivity (Wildman–Crippen MR) is 69.5 cm³/mol. The van der Waals surface area contributed by atoms with Gasteiger partial charge in [-0.2, -0.15) is 0 Å². The molecular weight excluding hydrogens is 229 g/mol. The van der Waals surface area contributed by atoms with Crippen molar-refractivity contribution in [2.45, 2.75) is 26.3 Å². The zero-order chi connectivity index (χ0) is 13.1. The summed E-state index contributed by atoms with van der Waals surface area (Å²) in [6.45, 7) is 3.66. The Balaban J connectivity index is 2.25. The van der Waals surface area contributed by atoms with Gasteiger partial charge in [0.2, 0.25) is 0 Å². The first-order valence-electron chi connectivity index (χ1n) is 5.89. The Bertz CT molecular complexity index is 535. The molecule has 0 aliphatic carbocycles. The molecule has 18 heavy (non-hydrogen) atoms. The molecule has 0 bridgehead atoms. The van der Waals surface area contributed by atoms with Crippen molar-refractivity contribution in [3.63, 3.8) is 0 Å². The summed E-state index contributed by atoms with van der Waals surface area (Å²) in [5.74, 6) is 0.290. The van der Waals surface area contributed by atoms with Crippen LogP contribution in [0.2, 0.25) is 0 Å². The van der Waals surface area contributed by atoms with Crippen molar-refractivity contribution in [3.05, 3.63) is 47.5 Å². The van der Waals surface area contributed by atoms with Gasteiger partial charge in [0, 0.05) is 24.0 Å². The van der Waals surface area contributed by atoms with Gasteiger partial charge in [-0.3, -0.25) is 0 Å². The van der Waals surface area contributed by atoms with Crippen LogP contribution in [0, 0.1) is 12.7 Å². The Morgan fingerprint density at radius 1 is 1.28 bits per heavy atom. The molecule has 3 nitrogen and oxygen atoms in total. The van der Waals surface area contributed by atoms with Crippen molar-refractivity contribution in [2.24, 2.45) is 5.73 Å². The number of nitrogens with two attached hydrogens (primary N) is 1. The molecule has 0 saturated carbocycles. The second-order valence-corrected chi connectivity index (χ2v) is 4.56. The third-order valence-electron chi connectivity index (χ3n) is 2.69. The van der Waals surface area contributed by atoms with Crippen molar-refractivity contribution in [2.75, 3.05) is 0 Å². The van der Waals surface area contributed by atoms with Crippen molar-refractivity contribution in [1.82, 2.24) is 9.97 Å². The van der Waals surface area contributed by atoms with E-state index in [4.69, 9.17) is 5.73 Å². The molecule has 1 unspecified atom stereocenters. The van der Waals surface area contributed by atoms with E-state index in [0.29, 0.717) is 17.0 Å². The Kier molecular flexibility index (Phi) is 3.67. The first-order chi connectivity index (χ1) is 8.56. The molecule has 1 aromatic heterocycles. The van der Waals surface area contributed by atoms with E-state index in [1.807, 2.05) is 13.0 Å². The summed E-state index contributed by atoms with van der Waals surface area (Å²) in [7, 11) is 0. The van der Waals surface area contributed by atoms with Crippen LogP contribution in [0.15, 0.2) is 30.6 Å². The fraction of sp³-hybridized carbons (Fsp3) is 0.286. The van der Waals surface area contributed by atoms with Crippen LogP contribution in [-0.2, 0) is 6.42 Å². The Hall–Kier alpha value is -1.81. The van der Waals surface area contributed by atoms with Crippen LogP contribution >= 0.6 is 0 Å². The second kappa shape index (κ2) is 5.23. The Morgan fingerprint density at radius 2 is 1.94 bits per heavy atom. The van der Waals surface area contributed by atoms with Crippen molar-refractivity contribution in [1.29, 1.82) is 0 Å². The molecule has 0 fully saturated rings. The van der Waals surface area contributed by atoms with Gasteiger partial charge in [0.1, 0.15) is 5.82 Å². The smallest absolute Gasteiger partial charge is 0.159 e. The molecule has 0 spiro atoms. The molecule has 2 N–H and O–H groups in total. The van der Waals surface area contributed by atoms with Gasteiger partial charge in [0.25, 0.3) is 0 Å². The normalized spacial score (nSPS) is 12.4. The third-order valence-corrected chi connectivity index (χ3v) is 2.69. The maximum Gasteiger partial charge on any atom is 0.159 e. The maximum atomic E-state index is 13.4. The van der Waals surface area contributed by atoms with Crippen LogP contribution in [0.5, 0.6) is 0 Å². The zero-order valence-electron chi connectivity index (χ0n) is 10.5. The topological polar surface area (TPSA) is 51.8 Å². The average molecular weight is 245 g/mol. The van der Waals surface area contributed by atoms with Crippen molar-refractivity contribution >= 4 is 0 Å². The van der Waals surface area contributed by atoms with Crippen molar-refractivity contribution < 1.29 is 4.39 Å². The van der Waals surface area contributed by atoms with E-state index >= 15 is 0 Å². The van der Waals surface area contributed by atoms with Gasteiger partial charge in [0.15, 0.2) is 5.82 Å². The number of halogens is 1. The van der Waals surface area contributed by atoms with Gasteiger partial charge in [-0.1, -0.05) is 12.1 Å². The van der Waals surface area contributed by atoms with E-state index in [2.05, 4.69) is 9.97 Å². The maximum absolute atomic E-state index is 13.4. The SMILES string of the molecule is Cc1ccc(-c2ncc(CC(C)N)cn2)cc1F. The first kappa shape index (κ1) is 12.6. The minimum atomic E-state index is -0.240. The fourth-order valence-electron chi connectivity index (χ4n) is 1.71. The van der Waals surface area contributed by atoms with E-state index in [1.54, 1.807) is 25.4 Å². The Morgan fingerprint density at radius 3 is 2.50 bits per heavy atom. The fourth-order valence-corrected chi connectivity index (χ4v) is 1.71. The molecule has 2 aromatic rings. The highest BCUT2D eigenvalue weighted by atomic mass is 19.1. The van der Waals surface area contributed by atoms with Gasteiger partial charge >= 0.3 is 0 Å². The molecule has 0 radical (unpaired) electrons. The van der Waals surface area contributed by atoms with Gasteiger partial charge in [-0.25, -0.2) is 14.4 Å². The summed E-state index contributed by atoms with van der Waals surface area (Å²) < 4.78 is 13.4. The minimum absolute atomic E-state index is 0.0799. The zero-order valence-corrected chi connectivity index (χ0v) is 10.5. The lowest BCUT2D eigenvalue weighted by Gasteiger charge is -2.06. The lowest BCUT2D eigenvalue weighted by Crippen LogP contribution is -2.18. The van der Waals surface area contributed by atoms with Crippen LogP contribution in [0.4, 0.5) is 4.39 Å². The number of nitrogens with zero attached hydrogens (tertiary/aromatic N) is 2. The summed E-state index contributed by atoms with van der Waals surface area (Å²) in [5.41, 5.74) is 8.00. The molecule has 1 heterocycles. The van der Waals surface area contributed by atoms with Crippen LogP contribution in [-0.4, -0.2) is 16.0 Å². The van der Waals surface area contributed by atoms with Crippen LogP contribution < -0.4 is 5.73 Å². The Labute approximate surface area is 106 Å². The lowest BCUT2D eigenvalue weighted by molar-refractivity contribution is 0.619. The highest BCUT2D eigenvalue weighted by Gasteiger charge is 2.05. The van der Waals surface area contributed by atoms with Crippen LogP contribution in [0.3, 0.4) is 0 Å². The number of hydrogen-bond donors (Lipinski definition) is 1. The molecule has 4 heteroatoms. The number of benzene rings is 1. The predicted octanol–water partition coefficient (Wildman–Crippen LogP) is 2.48. The molecule has 0 saturated heterocycles. The molecule has 2 rings (SSSR count). The highest BCUT2D eigenvalue weighted by molar-refractivity contribution is 5.55. The van der Waals surface area contributed by atoms with Crippen LogP contribution in [0.25, 0.3) is 11.4 Å². The molecule has 0 aliphatic rings. The molecule has 0 aliphatic heterocycles. The van der Waals surface area contributed by atoms with E-state index in [1.165, 1.54) is 6.07 Å². The number of aryl methyl sites for hydroxylation is 1.